The monoisotopic (exact) mass is 448 g/mol. The molecule has 2 saturated heterocycles. The topological polar surface area (TPSA) is 71.3 Å². The third kappa shape index (κ3) is 3.33. The van der Waals surface area contributed by atoms with E-state index in [9.17, 15) is 8.78 Å². The van der Waals surface area contributed by atoms with Crippen LogP contribution in [0.3, 0.4) is 0 Å². The van der Waals surface area contributed by atoms with Crippen molar-refractivity contribution in [3.8, 4) is 11.8 Å². The molecule has 0 aliphatic carbocycles. The van der Waals surface area contributed by atoms with E-state index in [1.165, 1.54) is 18.2 Å². The number of nitrogens with zero attached hydrogens (tertiary/aromatic N) is 5. The largest absolute Gasteiger partial charge is 0.378 e. The standard InChI is InChI=1S/C24H22F2N6O/c1-15-13-24(14-33-15)7-10-31(11-8-24)23-28-21-20(22-27-9-12-32(22)23)19(29-30-21)6-5-16-17(25)3-2-4-18(16)26/h2-4,9,12,15H,7-8,10-11,13-14H2,1H3,(H,29,30)/t15-/m0/s1. The Morgan fingerprint density at radius 3 is 2.70 bits per heavy atom. The average molecular weight is 448 g/mol. The second-order valence-corrected chi connectivity index (χ2v) is 8.99. The van der Waals surface area contributed by atoms with Gasteiger partial charge in [0.05, 0.1) is 23.7 Å². The van der Waals surface area contributed by atoms with Gasteiger partial charge in [0.2, 0.25) is 5.95 Å². The zero-order valence-corrected chi connectivity index (χ0v) is 18.1. The molecule has 1 aromatic carbocycles. The number of benzene rings is 1. The van der Waals surface area contributed by atoms with Crippen LogP contribution in [0.25, 0.3) is 16.7 Å². The summed E-state index contributed by atoms with van der Waals surface area (Å²) in [5.74, 6) is 4.74. The van der Waals surface area contributed by atoms with Crippen LogP contribution in [0.2, 0.25) is 0 Å². The van der Waals surface area contributed by atoms with E-state index >= 15 is 0 Å². The van der Waals surface area contributed by atoms with Crippen molar-refractivity contribution in [3.05, 3.63) is 53.5 Å². The zero-order valence-electron chi connectivity index (χ0n) is 18.1. The minimum Gasteiger partial charge on any atom is -0.378 e. The van der Waals surface area contributed by atoms with Gasteiger partial charge in [-0.25, -0.2) is 13.8 Å². The molecule has 1 N–H and O–H groups in total. The van der Waals surface area contributed by atoms with E-state index in [2.05, 4.69) is 38.8 Å². The van der Waals surface area contributed by atoms with Crippen LogP contribution in [0, 0.1) is 28.9 Å². The fourth-order valence-electron chi connectivity index (χ4n) is 5.06. The fourth-order valence-corrected chi connectivity index (χ4v) is 5.06. The molecule has 168 valence electrons. The number of H-pyrrole nitrogens is 1. The van der Waals surface area contributed by atoms with E-state index in [-0.39, 0.29) is 11.0 Å². The lowest BCUT2D eigenvalue weighted by atomic mass is 9.77. The number of ether oxygens (including phenoxy) is 1. The summed E-state index contributed by atoms with van der Waals surface area (Å²) in [5.41, 5.74) is 1.52. The summed E-state index contributed by atoms with van der Waals surface area (Å²) in [5, 5.41) is 7.80. The van der Waals surface area contributed by atoms with Crippen molar-refractivity contribution < 1.29 is 13.5 Å². The zero-order chi connectivity index (χ0) is 22.6. The number of rotatable bonds is 1. The Morgan fingerprint density at radius 1 is 1.18 bits per heavy atom. The number of hydrogen-bond acceptors (Lipinski definition) is 5. The van der Waals surface area contributed by atoms with Crippen molar-refractivity contribution in [2.24, 2.45) is 5.41 Å². The number of anilines is 1. The van der Waals surface area contributed by atoms with Crippen LogP contribution in [-0.2, 0) is 4.74 Å². The van der Waals surface area contributed by atoms with Gasteiger partial charge in [-0.3, -0.25) is 9.50 Å². The fraction of sp³-hybridized carbons (Fsp3) is 0.375. The van der Waals surface area contributed by atoms with Crippen LogP contribution in [-0.4, -0.2) is 50.4 Å². The first-order chi connectivity index (χ1) is 16.0. The van der Waals surface area contributed by atoms with Crippen LogP contribution in [0.1, 0.15) is 37.4 Å². The lowest BCUT2D eigenvalue weighted by molar-refractivity contribution is 0.0975. The Bertz CT molecular complexity index is 1400. The predicted octanol–water partition coefficient (Wildman–Crippen LogP) is 3.68. The van der Waals surface area contributed by atoms with Gasteiger partial charge < -0.3 is 9.64 Å². The van der Waals surface area contributed by atoms with Gasteiger partial charge >= 0.3 is 0 Å². The lowest BCUT2D eigenvalue weighted by Gasteiger charge is -2.39. The predicted molar refractivity (Wildman–Crippen MR) is 119 cm³/mol. The van der Waals surface area contributed by atoms with Gasteiger partial charge in [0.1, 0.15) is 17.3 Å². The summed E-state index contributed by atoms with van der Waals surface area (Å²) < 4.78 is 35.7. The van der Waals surface area contributed by atoms with Gasteiger partial charge in [-0.05, 0) is 49.7 Å². The minimum atomic E-state index is -0.710. The molecule has 6 rings (SSSR count). The summed E-state index contributed by atoms with van der Waals surface area (Å²) in [7, 11) is 0. The van der Waals surface area contributed by atoms with E-state index in [1.807, 2.05) is 10.6 Å². The van der Waals surface area contributed by atoms with Crippen molar-refractivity contribution in [3.63, 3.8) is 0 Å². The number of imidazole rings is 1. The molecule has 9 heteroatoms. The average Bonchev–Trinajstić information content (AvgIpc) is 3.52. The van der Waals surface area contributed by atoms with Gasteiger partial charge in [0, 0.05) is 25.5 Å². The summed E-state index contributed by atoms with van der Waals surface area (Å²) in [6.07, 6.45) is 7.12. The molecule has 0 unspecified atom stereocenters. The second-order valence-electron chi connectivity index (χ2n) is 8.99. The van der Waals surface area contributed by atoms with Crippen molar-refractivity contribution >= 4 is 22.6 Å². The van der Waals surface area contributed by atoms with E-state index in [1.54, 1.807) is 6.20 Å². The summed E-state index contributed by atoms with van der Waals surface area (Å²) in [6, 6.07) is 3.66. The first-order valence-corrected chi connectivity index (χ1v) is 11.1. The highest BCUT2D eigenvalue weighted by molar-refractivity contribution is 5.94. The number of aromatic amines is 1. The first-order valence-electron chi connectivity index (χ1n) is 11.1. The number of fused-ring (bicyclic) bond motifs is 3. The SMILES string of the molecule is C[C@H]1CC2(CCN(c3nc4[nH]nc(C#Cc5c(F)cccc5F)c4c4nccn34)CC2)CO1. The highest BCUT2D eigenvalue weighted by atomic mass is 19.1. The molecule has 0 amide bonds. The minimum absolute atomic E-state index is 0.271. The molecule has 1 spiro atoms. The van der Waals surface area contributed by atoms with Crippen molar-refractivity contribution in [1.29, 1.82) is 0 Å². The van der Waals surface area contributed by atoms with Gasteiger partial charge in [-0.15, -0.1) is 0 Å². The molecule has 0 radical (unpaired) electrons. The summed E-state index contributed by atoms with van der Waals surface area (Å²) in [4.78, 5) is 11.6. The third-order valence-corrected chi connectivity index (χ3v) is 6.81. The Hall–Kier alpha value is -3.51. The van der Waals surface area contributed by atoms with Crippen LogP contribution in [0.15, 0.2) is 30.6 Å². The van der Waals surface area contributed by atoms with Crippen molar-refractivity contribution in [2.45, 2.75) is 32.3 Å². The van der Waals surface area contributed by atoms with E-state index in [0.717, 1.165) is 44.9 Å². The van der Waals surface area contributed by atoms with E-state index in [0.29, 0.717) is 28.5 Å². The van der Waals surface area contributed by atoms with Crippen LogP contribution in [0.5, 0.6) is 0 Å². The molecule has 5 heterocycles. The van der Waals surface area contributed by atoms with Crippen molar-refractivity contribution in [2.75, 3.05) is 24.6 Å². The second kappa shape index (κ2) is 7.52. The van der Waals surface area contributed by atoms with Crippen molar-refractivity contribution in [1.82, 2.24) is 24.6 Å². The van der Waals surface area contributed by atoms with E-state index < -0.39 is 11.6 Å². The number of aromatic nitrogens is 5. The summed E-state index contributed by atoms with van der Waals surface area (Å²) in [6.45, 7) is 4.75. The van der Waals surface area contributed by atoms with Crippen LogP contribution < -0.4 is 4.90 Å². The van der Waals surface area contributed by atoms with Gasteiger partial charge in [-0.1, -0.05) is 12.0 Å². The molecule has 4 aromatic rings. The van der Waals surface area contributed by atoms with Gasteiger partial charge in [0.15, 0.2) is 11.3 Å². The van der Waals surface area contributed by atoms with Crippen LogP contribution >= 0.6 is 0 Å². The maximum Gasteiger partial charge on any atom is 0.213 e. The molecular weight excluding hydrogens is 426 g/mol. The van der Waals surface area contributed by atoms with Gasteiger partial charge in [0.25, 0.3) is 0 Å². The molecule has 2 aliphatic rings. The molecule has 0 bridgehead atoms. The van der Waals surface area contributed by atoms with Crippen LogP contribution in [0.4, 0.5) is 14.7 Å². The molecule has 1 atom stereocenters. The Morgan fingerprint density at radius 2 is 1.97 bits per heavy atom. The number of piperidine rings is 1. The number of hydrogen-bond donors (Lipinski definition) is 1. The lowest BCUT2D eigenvalue weighted by Crippen LogP contribution is -2.41. The first kappa shape index (κ1) is 20.1. The number of nitrogens with one attached hydrogen (secondary N) is 1. The van der Waals surface area contributed by atoms with E-state index in [4.69, 9.17) is 9.72 Å². The molecule has 2 aliphatic heterocycles. The highest BCUT2D eigenvalue weighted by Crippen LogP contribution is 2.42. The molecule has 7 nitrogen and oxygen atoms in total. The number of halogens is 2. The Balaban J connectivity index is 1.37. The molecular formula is C24H22F2N6O. The Labute approximate surface area is 188 Å². The summed E-state index contributed by atoms with van der Waals surface area (Å²) >= 11 is 0. The quantitative estimate of drug-likeness (QED) is 0.450. The smallest absolute Gasteiger partial charge is 0.213 e. The molecule has 0 saturated carbocycles. The third-order valence-electron chi connectivity index (χ3n) is 6.81. The highest BCUT2D eigenvalue weighted by Gasteiger charge is 2.41. The Kier molecular flexibility index (Phi) is 4.59. The maximum absolute atomic E-state index is 14.0. The van der Waals surface area contributed by atoms with Gasteiger partial charge in [-0.2, -0.15) is 10.1 Å². The normalized spacial score (nSPS) is 20.0. The molecule has 2 fully saturated rings. The maximum atomic E-state index is 14.0. The molecule has 33 heavy (non-hydrogen) atoms. The molecule has 3 aromatic heterocycles.